The van der Waals surface area contributed by atoms with Gasteiger partial charge in [-0.2, -0.15) is 0 Å². The summed E-state index contributed by atoms with van der Waals surface area (Å²) in [5, 5.41) is 0. The van der Waals surface area contributed by atoms with E-state index in [1.54, 1.807) is 6.08 Å². The van der Waals surface area contributed by atoms with Gasteiger partial charge in [-0.25, -0.2) is 0 Å². The minimum atomic E-state index is 0.905. The molecule has 0 aromatic rings. The highest BCUT2D eigenvalue weighted by Gasteiger charge is 1.80. The standard InChI is InChI=1S/C10H14/c1-3-5-7-9-10-8-6-4-2/h1,4,6,8H,2,5,7,9-10H2. The van der Waals surface area contributed by atoms with Crippen molar-refractivity contribution in [2.24, 2.45) is 0 Å². The zero-order valence-corrected chi connectivity index (χ0v) is 6.34. The van der Waals surface area contributed by atoms with Gasteiger partial charge in [0.2, 0.25) is 0 Å². The summed E-state index contributed by atoms with van der Waals surface area (Å²) < 4.78 is 0. The molecule has 0 N–H and O–H groups in total. The number of allylic oxidation sites excluding steroid dienone is 3. The fraction of sp³-hybridized carbons (Fsp3) is 0.400. The summed E-state index contributed by atoms with van der Waals surface area (Å²) >= 11 is 0. The van der Waals surface area contributed by atoms with Gasteiger partial charge in [0.05, 0.1) is 0 Å². The minimum absolute atomic E-state index is 0.905. The van der Waals surface area contributed by atoms with Gasteiger partial charge in [0.1, 0.15) is 0 Å². The Labute approximate surface area is 63.6 Å². The van der Waals surface area contributed by atoms with Gasteiger partial charge in [-0.1, -0.05) is 24.8 Å². The molecule has 0 aliphatic rings. The van der Waals surface area contributed by atoms with E-state index in [0.717, 1.165) is 19.3 Å². The van der Waals surface area contributed by atoms with E-state index in [1.165, 1.54) is 6.42 Å². The molecule has 0 aromatic heterocycles. The normalized spacial score (nSPS) is 9.50. The summed E-state index contributed by atoms with van der Waals surface area (Å²) in [4.78, 5) is 0. The van der Waals surface area contributed by atoms with Crippen LogP contribution in [0.4, 0.5) is 0 Å². The maximum atomic E-state index is 5.09. The number of hydrogen-bond acceptors (Lipinski definition) is 0. The molecule has 0 fully saturated rings. The Morgan fingerprint density at radius 2 is 2.20 bits per heavy atom. The molecule has 0 unspecified atom stereocenters. The Kier molecular flexibility index (Phi) is 7.27. The fourth-order valence-electron chi connectivity index (χ4n) is 0.682. The van der Waals surface area contributed by atoms with Crippen molar-refractivity contribution in [3.63, 3.8) is 0 Å². The Morgan fingerprint density at radius 3 is 2.80 bits per heavy atom. The first kappa shape index (κ1) is 9.04. The van der Waals surface area contributed by atoms with Crippen molar-refractivity contribution >= 4 is 0 Å². The second-order valence-corrected chi connectivity index (χ2v) is 2.11. The summed E-state index contributed by atoms with van der Waals surface area (Å²) in [6.07, 6.45) is 15.3. The Balaban J connectivity index is 2.99. The first-order valence-electron chi connectivity index (χ1n) is 3.63. The molecule has 0 saturated carbocycles. The van der Waals surface area contributed by atoms with E-state index in [2.05, 4.69) is 18.6 Å². The monoisotopic (exact) mass is 134 g/mol. The van der Waals surface area contributed by atoms with Gasteiger partial charge in [-0.3, -0.25) is 0 Å². The van der Waals surface area contributed by atoms with Crippen molar-refractivity contribution in [2.75, 3.05) is 0 Å². The van der Waals surface area contributed by atoms with Gasteiger partial charge < -0.3 is 0 Å². The number of rotatable bonds is 5. The van der Waals surface area contributed by atoms with Crippen LogP contribution < -0.4 is 0 Å². The molecule has 0 heterocycles. The molecule has 0 aliphatic carbocycles. The summed E-state index contributed by atoms with van der Waals surface area (Å²) in [5.74, 6) is 2.61. The van der Waals surface area contributed by atoms with Crippen LogP contribution in [0.3, 0.4) is 0 Å². The maximum Gasteiger partial charge on any atom is 0.00861 e. The molecule has 0 heteroatoms. The zero-order valence-electron chi connectivity index (χ0n) is 6.34. The van der Waals surface area contributed by atoms with E-state index in [-0.39, 0.29) is 0 Å². The number of unbranched alkanes of at least 4 members (excludes halogenated alkanes) is 3. The second kappa shape index (κ2) is 8.04. The van der Waals surface area contributed by atoms with Crippen LogP contribution in [0, 0.1) is 12.3 Å². The van der Waals surface area contributed by atoms with Crippen molar-refractivity contribution < 1.29 is 0 Å². The second-order valence-electron chi connectivity index (χ2n) is 2.11. The van der Waals surface area contributed by atoms with Crippen LogP contribution in [0.25, 0.3) is 0 Å². The molecule has 0 aliphatic heterocycles. The highest BCUT2D eigenvalue weighted by molar-refractivity contribution is 4.96. The summed E-state index contributed by atoms with van der Waals surface area (Å²) in [7, 11) is 0. The van der Waals surface area contributed by atoms with Gasteiger partial charge in [0.15, 0.2) is 0 Å². The van der Waals surface area contributed by atoms with E-state index in [1.807, 2.05) is 6.08 Å². The molecular formula is C10H14. The largest absolute Gasteiger partial charge is 0.120 e. The quantitative estimate of drug-likeness (QED) is 0.308. The van der Waals surface area contributed by atoms with Crippen molar-refractivity contribution in [1.82, 2.24) is 0 Å². The fourth-order valence-corrected chi connectivity index (χ4v) is 0.682. The first-order valence-corrected chi connectivity index (χ1v) is 3.63. The van der Waals surface area contributed by atoms with Crippen molar-refractivity contribution in [1.29, 1.82) is 0 Å². The third-order valence-electron chi connectivity index (χ3n) is 1.21. The Hall–Kier alpha value is -0.960. The predicted octanol–water partition coefficient (Wildman–Crippen LogP) is 2.92. The van der Waals surface area contributed by atoms with Crippen LogP contribution in [0.1, 0.15) is 25.7 Å². The van der Waals surface area contributed by atoms with Gasteiger partial charge in [-0.05, 0) is 19.3 Å². The lowest BCUT2D eigenvalue weighted by atomic mass is 10.2. The molecule has 10 heavy (non-hydrogen) atoms. The zero-order chi connectivity index (χ0) is 7.66. The molecule has 0 amide bonds. The molecule has 54 valence electrons. The molecule has 0 radical (unpaired) electrons. The third-order valence-corrected chi connectivity index (χ3v) is 1.21. The van der Waals surface area contributed by atoms with Crippen LogP contribution in [-0.4, -0.2) is 0 Å². The van der Waals surface area contributed by atoms with Crippen molar-refractivity contribution in [3.05, 3.63) is 24.8 Å². The molecule has 0 spiro atoms. The highest BCUT2D eigenvalue weighted by atomic mass is 13.9. The third kappa shape index (κ3) is 7.04. The molecule has 0 nitrogen and oxygen atoms in total. The van der Waals surface area contributed by atoms with E-state index in [4.69, 9.17) is 6.42 Å². The van der Waals surface area contributed by atoms with Crippen LogP contribution in [0.2, 0.25) is 0 Å². The van der Waals surface area contributed by atoms with Gasteiger partial charge >= 0.3 is 0 Å². The predicted molar refractivity (Wildman–Crippen MR) is 46.6 cm³/mol. The SMILES string of the molecule is C#CCCCCC=CC=C. The molecule has 0 saturated heterocycles. The van der Waals surface area contributed by atoms with Crippen molar-refractivity contribution in [2.45, 2.75) is 25.7 Å². The topological polar surface area (TPSA) is 0 Å². The Bertz CT molecular complexity index is 135. The molecule has 0 aromatic carbocycles. The van der Waals surface area contributed by atoms with Crippen molar-refractivity contribution in [3.8, 4) is 12.3 Å². The molecular weight excluding hydrogens is 120 g/mol. The van der Waals surface area contributed by atoms with E-state index in [9.17, 15) is 0 Å². The van der Waals surface area contributed by atoms with E-state index >= 15 is 0 Å². The smallest absolute Gasteiger partial charge is 0.00861 e. The lowest BCUT2D eigenvalue weighted by Crippen LogP contribution is -1.71. The van der Waals surface area contributed by atoms with E-state index in [0.29, 0.717) is 0 Å². The Morgan fingerprint density at radius 1 is 1.40 bits per heavy atom. The summed E-state index contributed by atoms with van der Waals surface area (Å²) in [5.41, 5.74) is 0. The van der Waals surface area contributed by atoms with Gasteiger partial charge in [0, 0.05) is 6.42 Å². The minimum Gasteiger partial charge on any atom is -0.120 e. The van der Waals surface area contributed by atoms with Crippen LogP contribution in [-0.2, 0) is 0 Å². The number of terminal acetylenes is 1. The van der Waals surface area contributed by atoms with E-state index < -0.39 is 0 Å². The van der Waals surface area contributed by atoms with Crippen LogP contribution in [0.15, 0.2) is 24.8 Å². The average molecular weight is 134 g/mol. The summed E-state index contributed by atoms with van der Waals surface area (Å²) in [6.45, 7) is 3.58. The van der Waals surface area contributed by atoms with Crippen LogP contribution >= 0.6 is 0 Å². The molecule has 0 bridgehead atoms. The van der Waals surface area contributed by atoms with Crippen LogP contribution in [0.5, 0.6) is 0 Å². The number of hydrogen-bond donors (Lipinski definition) is 0. The van der Waals surface area contributed by atoms with Gasteiger partial charge in [0.25, 0.3) is 0 Å². The summed E-state index contributed by atoms with van der Waals surface area (Å²) in [6, 6.07) is 0. The average Bonchev–Trinajstić information content (AvgIpc) is 1.97. The molecule has 0 rings (SSSR count). The first-order chi connectivity index (χ1) is 4.91. The maximum absolute atomic E-state index is 5.09. The lowest BCUT2D eigenvalue weighted by Gasteiger charge is -1.89. The highest BCUT2D eigenvalue weighted by Crippen LogP contribution is 1.98. The molecule has 0 atom stereocenters. The lowest BCUT2D eigenvalue weighted by molar-refractivity contribution is 0.772. The van der Waals surface area contributed by atoms with Gasteiger partial charge in [-0.15, -0.1) is 12.3 Å².